The van der Waals surface area contributed by atoms with Gasteiger partial charge in [-0.15, -0.1) is 16.4 Å². The molecule has 2 saturated heterocycles. The second kappa shape index (κ2) is 4.88. The van der Waals surface area contributed by atoms with Crippen LogP contribution in [0.1, 0.15) is 35.4 Å². The van der Waals surface area contributed by atoms with E-state index < -0.39 is 0 Å². The average Bonchev–Trinajstić information content (AvgIpc) is 3.16. The summed E-state index contributed by atoms with van der Waals surface area (Å²) < 4.78 is 1.52. The Bertz CT molecular complexity index is 641. The SMILES string of the molecule is O=C(c1sccc1-n1cnnn1)N1C2CCC1CC(O)C2. The number of rotatable bonds is 2. The van der Waals surface area contributed by atoms with Crippen molar-refractivity contribution in [1.29, 1.82) is 0 Å². The van der Waals surface area contributed by atoms with Crippen molar-refractivity contribution in [2.45, 2.75) is 43.9 Å². The van der Waals surface area contributed by atoms with Crippen molar-refractivity contribution >= 4 is 17.2 Å². The fourth-order valence-corrected chi connectivity index (χ4v) is 4.33. The van der Waals surface area contributed by atoms with Crippen molar-refractivity contribution in [3.63, 3.8) is 0 Å². The number of aromatic nitrogens is 4. The number of thiophene rings is 1. The van der Waals surface area contributed by atoms with E-state index in [1.807, 2.05) is 16.3 Å². The van der Waals surface area contributed by atoms with Gasteiger partial charge in [-0.25, -0.2) is 0 Å². The molecule has 2 unspecified atom stereocenters. The van der Waals surface area contributed by atoms with Crippen molar-refractivity contribution in [3.05, 3.63) is 22.7 Å². The van der Waals surface area contributed by atoms with Crippen LogP contribution in [0.2, 0.25) is 0 Å². The molecule has 21 heavy (non-hydrogen) atoms. The first-order chi connectivity index (χ1) is 10.2. The lowest BCUT2D eigenvalue weighted by atomic mass is 9.99. The fourth-order valence-electron chi connectivity index (χ4n) is 3.51. The van der Waals surface area contributed by atoms with Crippen LogP contribution >= 0.6 is 11.3 Å². The van der Waals surface area contributed by atoms with Crippen LogP contribution in [-0.4, -0.2) is 54.3 Å². The summed E-state index contributed by atoms with van der Waals surface area (Å²) >= 11 is 1.41. The molecule has 110 valence electrons. The third-order valence-corrected chi connectivity index (χ3v) is 5.27. The summed E-state index contributed by atoms with van der Waals surface area (Å²) in [7, 11) is 0. The largest absolute Gasteiger partial charge is 0.393 e. The van der Waals surface area contributed by atoms with Gasteiger partial charge in [-0.1, -0.05) is 0 Å². The quantitative estimate of drug-likeness (QED) is 0.889. The number of nitrogens with zero attached hydrogens (tertiary/aromatic N) is 5. The number of fused-ring (bicyclic) bond motifs is 2. The molecule has 2 fully saturated rings. The molecule has 2 aromatic rings. The van der Waals surface area contributed by atoms with E-state index in [-0.39, 0.29) is 24.1 Å². The highest BCUT2D eigenvalue weighted by molar-refractivity contribution is 7.12. The molecule has 2 atom stereocenters. The lowest BCUT2D eigenvalue weighted by molar-refractivity contribution is 0.0290. The number of aliphatic hydroxyl groups excluding tert-OH is 1. The molecule has 0 radical (unpaired) electrons. The van der Waals surface area contributed by atoms with Gasteiger partial charge in [0.15, 0.2) is 0 Å². The van der Waals surface area contributed by atoms with Crippen molar-refractivity contribution in [2.75, 3.05) is 0 Å². The molecule has 2 bridgehead atoms. The molecule has 8 heteroatoms. The van der Waals surface area contributed by atoms with Crippen LogP contribution in [0.3, 0.4) is 0 Å². The summed E-state index contributed by atoms with van der Waals surface area (Å²) in [6.07, 6.45) is 4.57. The van der Waals surface area contributed by atoms with E-state index in [0.29, 0.717) is 17.7 Å². The highest BCUT2D eigenvalue weighted by Crippen LogP contribution is 2.38. The number of piperidine rings is 1. The lowest BCUT2D eigenvalue weighted by Crippen LogP contribution is -2.48. The third-order valence-electron chi connectivity index (χ3n) is 4.38. The summed E-state index contributed by atoms with van der Waals surface area (Å²) in [5, 5.41) is 22.8. The molecule has 2 aliphatic rings. The topological polar surface area (TPSA) is 84.1 Å². The van der Waals surface area contributed by atoms with Crippen molar-refractivity contribution in [1.82, 2.24) is 25.1 Å². The summed E-state index contributed by atoms with van der Waals surface area (Å²) in [6, 6.07) is 2.18. The molecule has 2 aromatic heterocycles. The summed E-state index contributed by atoms with van der Waals surface area (Å²) in [4.78, 5) is 15.5. The minimum Gasteiger partial charge on any atom is -0.393 e. The molecule has 0 spiro atoms. The highest BCUT2D eigenvalue weighted by atomic mass is 32.1. The van der Waals surface area contributed by atoms with Crippen molar-refractivity contribution in [3.8, 4) is 5.69 Å². The predicted octanol–water partition coefficient (Wildman–Crippen LogP) is 0.852. The Balaban J connectivity index is 1.66. The van der Waals surface area contributed by atoms with Crippen LogP contribution in [0.5, 0.6) is 0 Å². The maximum absolute atomic E-state index is 12.9. The van der Waals surface area contributed by atoms with E-state index in [2.05, 4.69) is 15.5 Å². The maximum Gasteiger partial charge on any atom is 0.266 e. The van der Waals surface area contributed by atoms with Crippen LogP contribution in [0, 0.1) is 0 Å². The normalized spacial score (nSPS) is 28.0. The lowest BCUT2D eigenvalue weighted by Gasteiger charge is -2.37. The number of tetrazole rings is 1. The molecule has 0 aliphatic carbocycles. The van der Waals surface area contributed by atoms with E-state index in [9.17, 15) is 9.90 Å². The second-order valence-corrected chi connectivity index (χ2v) is 6.53. The predicted molar refractivity (Wildman–Crippen MR) is 75.3 cm³/mol. The van der Waals surface area contributed by atoms with Gasteiger partial charge < -0.3 is 10.0 Å². The monoisotopic (exact) mass is 305 g/mol. The molecular weight excluding hydrogens is 290 g/mol. The fraction of sp³-hybridized carbons (Fsp3) is 0.538. The summed E-state index contributed by atoms with van der Waals surface area (Å²) in [6.45, 7) is 0. The molecule has 4 rings (SSSR count). The zero-order valence-electron chi connectivity index (χ0n) is 11.3. The van der Waals surface area contributed by atoms with Gasteiger partial charge in [-0.05, 0) is 47.6 Å². The first-order valence-electron chi connectivity index (χ1n) is 7.05. The number of carbonyl (C=O) groups is 1. The van der Waals surface area contributed by atoms with Gasteiger partial charge in [0.05, 0.1) is 11.8 Å². The maximum atomic E-state index is 12.9. The summed E-state index contributed by atoms with van der Waals surface area (Å²) in [5.41, 5.74) is 0.723. The number of carbonyl (C=O) groups excluding carboxylic acids is 1. The van der Waals surface area contributed by atoms with Gasteiger partial charge >= 0.3 is 0 Å². The van der Waals surface area contributed by atoms with Gasteiger partial charge in [0.1, 0.15) is 11.2 Å². The Hall–Kier alpha value is -1.80. The van der Waals surface area contributed by atoms with Crippen LogP contribution < -0.4 is 0 Å². The van der Waals surface area contributed by atoms with Crippen LogP contribution in [0.15, 0.2) is 17.8 Å². The van der Waals surface area contributed by atoms with Crippen molar-refractivity contribution in [2.24, 2.45) is 0 Å². The second-order valence-electron chi connectivity index (χ2n) is 5.61. The number of amides is 1. The van der Waals surface area contributed by atoms with Gasteiger partial charge in [0.2, 0.25) is 0 Å². The highest BCUT2D eigenvalue weighted by Gasteiger charge is 2.43. The van der Waals surface area contributed by atoms with E-state index in [4.69, 9.17) is 0 Å². The molecular formula is C13H15N5O2S. The first-order valence-corrected chi connectivity index (χ1v) is 7.93. The minimum atomic E-state index is -0.270. The zero-order valence-corrected chi connectivity index (χ0v) is 12.1. The first kappa shape index (κ1) is 12.9. The Morgan fingerprint density at radius 1 is 1.33 bits per heavy atom. The number of aliphatic hydroxyl groups is 1. The van der Waals surface area contributed by atoms with Gasteiger partial charge in [0.25, 0.3) is 5.91 Å². The standard InChI is InChI=1S/C13H15N5O2S/c19-10-5-8-1-2-9(6-10)18(8)13(20)12-11(3-4-21-12)17-7-14-15-16-17/h3-4,7-10,19H,1-2,5-6H2. The van der Waals surface area contributed by atoms with Crippen molar-refractivity contribution < 1.29 is 9.90 Å². The van der Waals surface area contributed by atoms with E-state index in [1.165, 1.54) is 22.3 Å². The molecule has 4 heterocycles. The van der Waals surface area contributed by atoms with Crippen LogP contribution in [0.25, 0.3) is 5.69 Å². The van der Waals surface area contributed by atoms with E-state index >= 15 is 0 Å². The Labute approximate surface area is 125 Å². The number of hydrogen-bond acceptors (Lipinski definition) is 6. The minimum absolute atomic E-state index is 0.0369. The molecule has 1 amide bonds. The van der Waals surface area contributed by atoms with E-state index in [0.717, 1.165) is 18.5 Å². The van der Waals surface area contributed by atoms with Crippen LogP contribution in [0.4, 0.5) is 0 Å². The average molecular weight is 305 g/mol. The molecule has 2 aliphatic heterocycles. The molecule has 1 N–H and O–H groups in total. The zero-order chi connectivity index (χ0) is 14.4. The third kappa shape index (κ3) is 2.06. The molecule has 7 nitrogen and oxygen atoms in total. The molecule has 0 saturated carbocycles. The summed E-state index contributed by atoms with van der Waals surface area (Å²) in [5.74, 6) is 0.0369. The van der Waals surface area contributed by atoms with Gasteiger partial charge in [-0.2, -0.15) is 4.68 Å². The smallest absolute Gasteiger partial charge is 0.266 e. The van der Waals surface area contributed by atoms with E-state index in [1.54, 1.807) is 0 Å². The Kier molecular flexibility index (Phi) is 3.00. The van der Waals surface area contributed by atoms with Gasteiger partial charge in [-0.3, -0.25) is 4.79 Å². The number of hydrogen-bond donors (Lipinski definition) is 1. The Morgan fingerprint density at radius 2 is 2.10 bits per heavy atom. The van der Waals surface area contributed by atoms with Crippen LogP contribution in [-0.2, 0) is 0 Å². The Morgan fingerprint density at radius 3 is 2.76 bits per heavy atom. The van der Waals surface area contributed by atoms with Gasteiger partial charge in [0, 0.05) is 12.1 Å². The molecule has 0 aromatic carbocycles.